The largest absolute Gasteiger partial charge is 0.391 e. The molecular formula is C13H19F3N2OS. The van der Waals surface area contributed by atoms with Gasteiger partial charge in [0.1, 0.15) is 0 Å². The molecule has 0 radical (unpaired) electrons. The van der Waals surface area contributed by atoms with Gasteiger partial charge in [-0.3, -0.25) is 0 Å². The number of hydrogen-bond acceptors (Lipinski definition) is 4. The zero-order chi connectivity index (χ0) is 14.8. The predicted molar refractivity (Wildman–Crippen MR) is 73.0 cm³/mol. The summed E-state index contributed by atoms with van der Waals surface area (Å²) >= 11 is 1.40. The van der Waals surface area contributed by atoms with Crippen LogP contribution in [0.5, 0.6) is 0 Å². The van der Waals surface area contributed by atoms with Crippen LogP contribution in [0.25, 0.3) is 0 Å². The Morgan fingerprint density at radius 2 is 2.00 bits per heavy atom. The molecule has 1 fully saturated rings. The van der Waals surface area contributed by atoms with Crippen molar-refractivity contribution in [3.63, 3.8) is 0 Å². The minimum atomic E-state index is -4.08. The molecule has 0 spiro atoms. The van der Waals surface area contributed by atoms with Crippen LogP contribution in [0.1, 0.15) is 36.8 Å². The van der Waals surface area contributed by atoms with Crippen LogP contribution in [0.2, 0.25) is 0 Å². The molecule has 1 saturated heterocycles. The lowest BCUT2D eigenvalue weighted by Crippen LogP contribution is -2.38. The fraction of sp³-hybridized carbons (Fsp3) is 0.769. The average Bonchev–Trinajstić information content (AvgIpc) is 2.81. The van der Waals surface area contributed by atoms with Crippen molar-refractivity contribution >= 4 is 16.5 Å². The lowest BCUT2D eigenvalue weighted by molar-refractivity contribution is -0.179. The summed E-state index contributed by atoms with van der Waals surface area (Å²) in [7, 11) is 0. The molecule has 7 heteroatoms. The molecular weight excluding hydrogens is 289 g/mol. The molecule has 1 aliphatic heterocycles. The first kappa shape index (κ1) is 15.6. The van der Waals surface area contributed by atoms with Crippen LogP contribution in [0.3, 0.4) is 0 Å². The Kier molecular flexibility index (Phi) is 4.90. The average molecular weight is 308 g/mol. The molecule has 1 N–H and O–H groups in total. The van der Waals surface area contributed by atoms with E-state index in [2.05, 4.69) is 4.98 Å². The number of anilines is 1. The summed E-state index contributed by atoms with van der Waals surface area (Å²) in [6, 6.07) is 0. The molecule has 1 aromatic rings. The predicted octanol–water partition coefficient (Wildman–Crippen LogP) is 3.37. The SMILES string of the molecule is CCCc1nc(N2CCC(C(F)(F)F)CC2)sc1CO. The number of aliphatic hydroxyl groups excluding tert-OH is 1. The fourth-order valence-electron chi connectivity index (χ4n) is 2.46. The van der Waals surface area contributed by atoms with Gasteiger partial charge in [0, 0.05) is 13.1 Å². The molecule has 114 valence electrons. The Labute approximate surface area is 120 Å². The third kappa shape index (κ3) is 3.44. The lowest BCUT2D eigenvalue weighted by Gasteiger charge is -2.32. The highest BCUT2D eigenvalue weighted by molar-refractivity contribution is 7.15. The number of thiazole rings is 1. The second-order valence-corrected chi connectivity index (χ2v) is 6.14. The molecule has 2 rings (SSSR count). The van der Waals surface area contributed by atoms with Gasteiger partial charge < -0.3 is 10.0 Å². The Morgan fingerprint density at radius 3 is 2.50 bits per heavy atom. The summed E-state index contributed by atoms with van der Waals surface area (Å²) < 4.78 is 37.9. The molecule has 0 amide bonds. The summed E-state index contributed by atoms with van der Waals surface area (Å²) in [5.41, 5.74) is 0.882. The second kappa shape index (κ2) is 6.30. The number of hydrogen-bond donors (Lipinski definition) is 1. The number of aliphatic hydroxyl groups is 1. The van der Waals surface area contributed by atoms with Gasteiger partial charge in [-0.1, -0.05) is 24.7 Å². The first-order chi connectivity index (χ1) is 9.45. The molecule has 2 heterocycles. The van der Waals surface area contributed by atoms with Gasteiger partial charge in [-0.15, -0.1) is 0 Å². The smallest absolute Gasteiger partial charge is 0.391 e. The Balaban J connectivity index is 2.03. The molecule has 0 unspecified atom stereocenters. The van der Waals surface area contributed by atoms with Crippen molar-refractivity contribution in [1.82, 2.24) is 4.98 Å². The lowest BCUT2D eigenvalue weighted by atomic mass is 9.97. The van der Waals surface area contributed by atoms with E-state index in [1.807, 2.05) is 11.8 Å². The van der Waals surface area contributed by atoms with Crippen LogP contribution >= 0.6 is 11.3 Å². The normalized spacial score (nSPS) is 17.8. The van der Waals surface area contributed by atoms with Crippen LogP contribution in [-0.4, -0.2) is 29.4 Å². The van der Waals surface area contributed by atoms with Gasteiger partial charge in [-0.2, -0.15) is 13.2 Å². The van der Waals surface area contributed by atoms with Crippen LogP contribution in [0.15, 0.2) is 0 Å². The highest BCUT2D eigenvalue weighted by Gasteiger charge is 2.41. The van der Waals surface area contributed by atoms with E-state index >= 15 is 0 Å². The molecule has 0 aliphatic carbocycles. The number of rotatable bonds is 4. The molecule has 0 atom stereocenters. The van der Waals surface area contributed by atoms with Crippen molar-refractivity contribution in [2.75, 3.05) is 18.0 Å². The molecule has 20 heavy (non-hydrogen) atoms. The molecule has 0 aromatic carbocycles. The standard InChI is InChI=1S/C13H19F3N2OS/c1-2-3-10-11(8-19)20-12(17-10)18-6-4-9(5-7-18)13(14,15)16/h9,19H,2-8H2,1H3. The van der Waals surface area contributed by atoms with Crippen LogP contribution in [-0.2, 0) is 13.0 Å². The van der Waals surface area contributed by atoms with E-state index in [1.165, 1.54) is 11.3 Å². The number of halogens is 3. The van der Waals surface area contributed by atoms with Crippen LogP contribution in [0.4, 0.5) is 18.3 Å². The van der Waals surface area contributed by atoms with E-state index in [0.717, 1.165) is 28.5 Å². The highest BCUT2D eigenvalue weighted by Crippen LogP contribution is 2.36. The van der Waals surface area contributed by atoms with Gasteiger partial charge in [0.15, 0.2) is 5.13 Å². The highest BCUT2D eigenvalue weighted by atomic mass is 32.1. The summed E-state index contributed by atoms with van der Waals surface area (Å²) in [5, 5.41) is 10.1. The third-order valence-electron chi connectivity index (χ3n) is 3.63. The summed E-state index contributed by atoms with van der Waals surface area (Å²) in [6.45, 7) is 2.75. The van der Waals surface area contributed by atoms with Gasteiger partial charge in [0.25, 0.3) is 0 Å². The Bertz CT molecular complexity index is 439. The van der Waals surface area contributed by atoms with E-state index in [9.17, 15) is 18.3 Å². The molecule has 0 bridgehead atoms. The van der Waals surface area contributed by atoms with Crippen molar-refractivity contribution in [1.29, 1.82) is 0 Å². The number of aromatic nitrogens is 1. The van der Waals surface area contributed by atoms with E-state index in [0.29, 0.717) is 13.1 Å². The molecule has 0 saturated carbocycles. The van der Waals surface area contributed by atoms with Crippen molar-refractivity contribution in [2.45, 2.75) is 45.4 Å². The number of piperidine rings is 1. The van der Waals surface area contributed by atoms with E-state index < -0.39 is 12.1 Å². The van der Waals surface area contributed by atoms with Gasteiger partial charge in [0.05, 0.1) is 23.1 Å². The first-order valence-electron chi connectivity index (χ1n) is 6.86. The van der Waals surface area contributed by atoms with Crippen molar-refractivity contribution in [2.24, 2.45) is 5.92 Å². The zero-order valence-corrected chi connectivity index (χ0v) is 12.2. The first-order valence-corrected chi connectivity index (χ1v) is 7.68. The van der Waals surface area contributed by atoms with Crippen molar-refractivity contribution < 1.29 is 18.3 Å². The second-order valence-electron chi connectivity index (χ2n) is 5.08. The van der Waals surface area contributed by atoms with Gasteiger partial charge in [-0.25, -0.2) is 4.98 Å². The quantitative estimate of drug-likeness (QED) is 0.926. The van der Waals surface area contributed by atoms with Crippen LogP contribution in [0, 0.1) is 5.92 Å². The monoisotopic (exact) mass is 308 g/mol. The molecule has 1 aliphatic rings. The summed E-state index contributed by atoms with van der Waals surface area (Å²) in [6.07, 6.45) is -2.10. The maximum Gasteiger partial charge on any atom is 0.391 e. The maximum atomic E-state index is 12.6. The molecule has 1 aromatic heterocycles. The number of aryl methyl sites for hydroxylation is 1. The Morgan fingerprint density at radius 1 is 1.35 bits per heavy atom. The Hall–Kier alpha value is -0.820. The van der Waals surface area contributed by atoms with Gasteiger partial charge >= 0.3 is 6.18 Å². The minimum Gasteiger partial charge on any atom is -0.391 e. The van der Waals surface area contributed by atoms with Crippen LogP contribution < -0.4 is 4.90 Å². The van der Waals surface area contributed by atoms with E-state index in [-0.39, 0.29) is 19.4 Å². The molecule has 3 nitrogen and oxygen atoms in total. The van der Waals surface area contributed by atoms with Crippen molar-refractivity contribution in [3.05, 3.63) is 10.6 Å². The van der Waals surface area contributed by atoms with Gasteiger partial charge in [-0.05, 0) is 19.3 Å². The van der Waals surface area contributed by atoms with E-state index in [1.54, 1.807) is 0 Å². The maximum absolute atomic E-state index is 12.6. The number of alkyl halides is 3. The zero-order valence-electron chi connectivity index (χ0n) is 11.4. The fourth-order valence-corrected chi connectivity index (χ4v) is 3.48. The summed E-state index contributed by atoms with van der Waals surface area (Å²) in [4.78, 5) is 7.23. The van der Waals surface area contributed by atoms with E-state index in [4.69, 9.17) is 0 Å². The topological polar surface area (TPSA) is 36.4 Å². The minimum absolute atomic E-state index is 0.0496. The number of nitrogens with zero attached hydrogens (tertiary/aromatic N) is 2. The third-order valence-corrected chi connectivity index (χ3v) is 4.77. The summed E-state index contributed by atoms with van der Waals surface area (Å²) in [5.74, 6) is -1.19. The van der Waals surface area contributed by atoms with Gasteiger partial charge in [0.2, 0.25) is 0 Å². The van der Waals surface area contributed by atoms with Crippen molar-refractivity contribution in [3.8, 4) is 0 Å².